The Balaban J connectivity index is 1.45. The lowest BCUT2D eigenvalue weighted by Crippen LogP contribution is -2.10. The molecule has 2 aromatic carbocycles. The van der Waals surface area contributed by atoms with Gasteiger partial charge in [-0.1, -0.05) is 49.9 Å². The van der Waals surface area contributed by atoms with Crippen molar-refractivity contribution in [2.45, 2.75) is 44.9 Å². The van der Waals surface area contributed by atoms with Crippen LogP contribution in [-0.2, 0) is 16.0 Å². The molecule has 0 heterocycles. The van der Waals surface area contributed by atoms with Gasteiger partial charge in [0.2, 0.25) is 0 Å². The number of carbonyl (C=O) groups excluding carboxylic acids is 1. The first-order chi connectivity index (χ1) is 14.6. The Morgan fingerprint density at radius 2 is 1.40 bits per heavy atom. The summed E-state index contributed by atoms with van der Waals surface area (Å²) in [6.45, 7) is 1.21. The van der Waals surface area contributed by atoms with E-state index >= 15 is 0 Å². The molecule has 2 aromatic rings. The van der Waals surface area contributed by atoms with Gasteiger partial charge in [-0.15, -0.1) is 0 Å². The van der Waals surface area contributed by atoms with Crippen LogP contribution in [0.4, 0.5) is 5.69 Å². The third-order valence-corrected chi connectivity index (χ3v) is 4.93. The standard InChI is InChI=1S/C25H35NO4/c1-26(2)22-16-14-21(15-17-22)20-25(27)30-19-11-7-5-4-6-10-18-29-24-13-9-8-12-23(24)28-3/h8-9,12-17H,4-7,10-11,18-20H2,1-3H3. The highest BCUT2D eigenvalue weighted by molar-refractivity contribution is 5.72. The van der Waals surface area contributed by atoms with Crippen LogP contribution in [0.5, 0.6) is 11.5 Å². The molecule has 0 saturated carbocycles. The number of ether oxygens (including phenoxy) is 3. The van der Waals surface area contributed by atoms with Gasteiger partial charge < -0.3 is 19.1 Å². The number of unbranched alkanes of at least 4 members (excludes halogenated alkanes) is 5. The van der Waals surface area contributed by atoms with E-state index in [1.54, 1.807) is 7.11 Å². The molecule has 0 unspecified atom stereocenters. The van der Waals surface area contributed by atoms with E-state index in [4.69, 9.17) is 14.2 Å². The molecule has 0 aliphatic carbocycles. The normalized spacial score (nSPS) is 10.5. The molecule has 0 radical (unpaired) electrons. The smallest absolute Gasteiger partial charge is 0.310 e. The molecule has 0 saturated heterocycles. The molecule has 164 valence electrons. The zero-order chi connectivity index (χ0) is 21.6. The van der Waals surface area contributed by atoms with E-state index in [0.29, 0.717) is 19.6 Å². The topological polar surface area (TPSA) is 48.0 Å². The van der Waals surface area contributed by atoms with Crippen LogP contribution in [0.15, 0.2) is 48.5 Å². The number of benzene rings is 2. The van der Waals surface area contributed by atoms with Gasteiger partial charge in [-0.3, -0.25) is 4.79 Å². The largest absolute Gasteiger partial charge is 0.493 e. The minimum atomic E-state index is -0.152. The molecular formula is C25H35NO4. The van der Waals surface area contributed by atoms with Gasteiger partial charge in [0.05, 0.1) is 26.7 Å². The molecule has 0 aliphatic rings. The minimum absolute atomic E-state index is 0.152. The summed E-state index contributed by atoms with van der Waals surface area (Å²) < 4.78 is 16.4. The monoisotopic (exact) mass is 413 g/mol. The van der Waals surface area contributed by atoms with E-state index in [2.05, 4.69) is 0 Å². The first-order valence-electron chi connectivity index (χ1n) is 10.8. The molecule has 5 heteroatoms. The molecule has 2 rings (SSSR count). The van der Waals surface area contributed by atoms with Gasteiger partial charge >= 0.3 is 5.97 Å². The Hall–Kier alpha value is -2.69. The van der Waals surface area contributed by atoms with Crippen molar-refractivity contribution in [3.05, 3.63) is 54.1 Å². The van der Waals surface area contributed by atoms with Gasteiger partial charge in [0.1, 0.15) is 0 Å². The maximum atomic E-state index is 11.9. The Labute approximate surface area is 180 Å². The lowest BCUT2D eigenvalue weighted by molar-refractivity contribution is -0.142. The number of esters is 1. The highest BCUT2D eigenvalue weighted by Crippen LogP contribution is 2.25. The third-order valence-electron chi connectivity index (χ3n) is 4.93. The molecular weight excluding hydrogens is 378 g/mol. The van der Waals surface area contributed by atoms with Crippen molar-refractivity contribution >= 4 is 11.7 Å². The number of para-hydroxylation sites is 2. The average Bonchev–Trinajstić information content (AvgIpc) is 2.75. The fraction of sp³-hybridized carbons (Fsp3) is 0.480. The van der Waals surface area contributed by atoms with Crippen LogP contribution in [0.3, 0.4) is 0 Å². The van der Waals surface area contributed by atoms with E-state index in [1.165, 1.54) is 6.42 Å². The van der Waals surface area contributed by atoms with Crippen molar-refractivity contribution < 1.29 is 19.0 Å². The van der Waals surface area contributed by atoms with Gasteiger partial charge in [-0.05, 0) is 42.7 Å². The highest BCUT2D eigenvalue weighted by Gasteiger charge is 2.05. The Morgan fingerprint density at radius 3 is 2.03 bits per heavy atom. The number of carbonyl (C=O) groups is 1. The second-order valence-corrected chi connectivity index (χ2v) is 7.58. The fourth-order valence-corrected chi connectivity index (χ4v) is 3.15. The lowest BCUT2D eigenvalue weighted by Gasteiger charge is -2.12. The Bertz CT molecular complexity index is 743. The van der Waals surface area contributed by atoms with Crippen molar-refractivity contribution in [3.63, 3.8) is 0 Å². The summed E-state index contributed by atoms with van der Waals surface area (Å²) in [6.07, 6.45) is 6.82. The molecule has 0 bridgehead atoms. The van der Waals surface area contributed by atoms with Crippen LogP contribution in [-0.4, -0.2) is 40.4 Å². The number of hydrogen-bond acceptors (Lipinski definition) is 5. The average molecular weight is 414 g/mol. The molecule has 0 aromatic heterocycles. The quantitative estimate of drug-likeness (QED) is 0.312. The van der Waals surface area contributed by atoms with Crippen molar-refractivity contribution in [1.29, 1.82) is 0 Å². The van der Waals surface area contributed by atoms with Gasteiger partial charge in [-0.2, -0.15) is 0 Å². The van der Waals surface area contributed by atoms with Crippen LogP contribution < -0.4 is 14.4 Å². The van der Waals surface area contributed by atoms with Gasteiger partial charge in [0.25, 0.3) is 0 Å². The number of anilines is 1. The predicted octanol–water partition coefficient (Wildman–Crippen LogP) is 5.27. The number of methoxy groups -OCH3 is 1. The first-order valence-corrected chi connectivity index (χ1v) is 10.8. The van der Waals surface area contributed by atoms with Gasteiger partial charge in [0, 0.05) is 19.8 Å². The molecule has 0 spiro atoms. The summed E-state index contributed by atoms with van der Waals surface area (Å²) in [5.41, 5.74) is 2.11. The van der Waals surface area contributed by atoms with Crippen molar-refractivity contribution in [2.24, 2.45) is 0 Å². The van der Waals surface area contributed by atoms with E-state index in [0.717, 1.165) is 54.9 Å². The zero-order valence-corrected chi connectivity index (χ0v) is 18.6. The lowest BCUT2D eigenvalue weighted by atomic mass is 10.1. The highest BCUT2D eigenvalue weighted by atomic mass is 16.5. The number of nitrogens with zero attached hydrogens (tertiary/aromatic N) is 1. The van der Waals surface area contributed by atoms with Crippen LogP contribution in [0.2, 0.25) is 0 Å². The molecule has 30 heavy (non-hydrogen) atoms. The van der Waals surface area contributed by atoms with Crippen molar-refractivity contribution in [3.8, 4) is 11.5 Å². The van der Waals surface area contributed by atoms with Gasteiger partial charge in [-0.25, -0.2) is 0 Å². The van der Waals surface area contributed by atoms with E-state index in [9.17, 15) is 4.79 Å². The molecule has 0 fully saturated rings. The number of rotatable bonds is 14. The second-order valence-electron chi connectivity index (χ2n) is 7.58. The Kier molecular flexibility index (Phi) is 10.6. The third kappa shape index (κ3) is 8.76. The molecule has 0 amide bonds. The van der Waals surface area contributed by atoms with Crippen LogP contribution >= 0.6 is 0 Å². The summed E-state index contributed by atoms with van der Waals surface area (Å²) in [7, 11) is 5.65. The van der Waals surface area contributed by atoms with Crippen LogP contribution in [0, 0.1) is 0 Å². The summed E-state index contributed by atoms with van der Waals surface area (Å²) in [6, 6.07) is 15.7. The molecule has 0 aliphatic heterocycles. The first kappa shape index (κ1) is 23.6. The van der Waals surface area contributed by atoms with E-state index < -0.39 is 0 Å². The van der Waals surface area contributed by atoms with Crippen LogP contribution in [0.25, 0.3) is 0 Å². The second kappa shape index (κ2) is 13.5. The number of hydrogen-bond donors (Lipinski definition) is 0. The van der Waals surface area contributed by atoms with E-state index in [-0.39, 0.29) is 5.97 Å². The predicted molar refractivity (Wildman–Crippen MR) is 122 cm³/mol. The molecule has 0 atom stereocenters. The zero-order valence-electron chi connectivity index (χ0n) is 18.6. The minimum Gasteiger partial charge on any atom is -0.493 e. The summed E-state index contributed by atoms with van der Waals surface area (Å²) in [5.74, 6) is 1.43. The summed E-state index contributed by atoms with van der Waals surface area (Å²) in [4.78, 5) is 14.0. The van der Waals surface area contributed by atoms with Gasteiger partial charge in [0.15, 0.2) is 11.5 Å². The fourth-order valence-electron chi connectivity index (χ4n) is 3.15. The van der Waals surface area contributed by atoms with E-state index in [1.807, 2.05) is 67.5 Å². The maximum Gasteiger partial charge on any atom is 0.310 e. The Morgan fingerprint density at radius 1 is 0.800 bits per heavy atom. The maximum absolute atomic E-state index is 11.9. The SMILES string of the molecule is COc1ccccc1OCCCCCCCCOC(=O)Cc1ccc(N(C)C)cc1. The summed E-state index contributed by atoms with van der Waals surface area (Å²) >= 11 is 0. The summed E-state index contributed by atoms with van der Waals surface area (Å²) in [5, 5.41) is 0. The van der Waals surface area contributed by atoms with Crippen LogP contribution in [0.1, 0.15) is 44.1 Å². The van der Waals surface area contributed by atoms with Crippen molar-refractivity contribution in [2.75, 3.05) is 39.3 Å². The van der Waals surface area contributed by atoms with Crippen molar-refractivity contribution in [1.82, 2.24) is 0 Å². The molecule has 0 N–H and O–H groups in total. The molecule has 5 nitrogen and oxygen atoms in total.